The summed E-state index contributed by atoms with van der Waals surface area (Å²) in [5, 5.41) is 2.67. The van der Waals surface area contributed by atoms with Gasteiger partial charge >= 0.3 is 0 Å². The molecule has 0 aliphatic heterocycles. The third-order valence-electron chi connectivity index (χ3n) is 4.06. The number of hydrogen-bond donors (Lipinski definition) is 1. The maximum atomic E-state index is 12.2. The van der Waals surface area contributed by atoms with E-state index in [1.165, 1.54) is 4.90 Å². The van der Waals surface area contributed by atoms with Crippen LogP contribution >= 0.6 is 0 Å². The maximum Gasteiger partial charge on any atom is 0.251 e. The number of carbonyl (C=O) groups excluding carboxylic acids is 2. The first-order chi connectivity index (χ1) is 12.9. The molecule has 0 atom stereocenters. The second kappa shape index (κ2) is 9.62. The van der Waals surface area contributed by atoms with Crippen molar-refractivity contribution in [2.75, 3.05) is 33.9 Å². The van der Waals surface area contributed by atoms with Gasteiger partial charge in [-0.1, -0.05) is 17.2 Å². The minimum atomic E-state index is -0.252. The molecule has 0 saturated heterocycles. The molecule has 2 aromatic carbocycles. The molecule has 6 nitrogen and oxygen atoms in total. The van der Waals surface area contributed by atoms with Crippen LogP contribution in [0.5, 0.6) is 11.5 Å². The summed E-state index contributed by atoms with van der Waals surface area (Å²) >= 11 is 0. The van der Waals surface area contributed by atoms with Crippen molar-refractivity contribution >= 4 is 11.8 Å². The molecule has 2 rings (SSSR count). The van der Waals surface area contributed by atoms with Crippen LogP contribution in [-0.2, 0) is 4.79 Å². The van der Waals surface area contributed by atoms with Crippen molar-refractivity contribution in [1.82, 2.24) is 10.2 Å². The predicted molar refractivity (Wildman–Crippen MR) is 104 cm³/mol. The van der Waals surface area contributed by atoms with Gasteiger partial charge in [-0.25, -0.2) is 0 Å². The molecule has 0 aliphatic carbocycles. The van der Waals surface area contributed by atoms with Crippen LogP contribution in [0, 0.1) is 13.8 Å². The van der Waals surface area contributed by atoms with Gasteiger partial charge in [0.2, 0.25) is 5.91 Å². The molecule has 144 valence electrons. The molecule has 27 heavy (non-hydrogen) atoms. The van der Waals surface area contributed by atoms with Gasteiger partial charge in [0.15, 0.2) is 0 Å². The second-order valence-corrected chi connectivity index (χ2v) is 6.40. The number of ether oxygens (including phenoxy) is 2. The van der Waals surface area contributed by atoms with Gasteiger partial charge in [-0.05, 0) is 50.2 Å². The largest absolute Gasteiger partial charge is 0.497 e. The summed E-state index contributed by atoms with van der Waals surface area (Å²) in [5.41, 5.74) is 2.59. The molecule has 0 heterocycles. The summed E-state index contributed by atoms with van der Waals surface area (Å²) < 4.78 is 10.7. The quantitative estimate of drug-likeness (QED) is 0.776. The Morgan fingerprint density at radius 2 is 1.59 bits per heavy atom. The Labute approximate surface area is 160 Å². The van der Waals surface area contributed by atoms with E-state index in [0.29, 0.717) is 24.5 Å². The first kappa shape index (κ1) is 20.3. The monoisotopic (exact) mass is 370 g/mol. The van der Waals surface area contributed by atoms with Gasteiger partial charge in [-0.2, -0.15) is 0 Å². The van der Waals surface area contributed by atoms with E-state index in [0.717, 1.165) is 16.9 Å². The van der Waals surface area contributed by atoms with Crippen molar-refractivity contribution in [1.29, 1.82) is 0 Å². The number of rotatable bonds is 8. The molecule has 0 spiro atoms. The minimum absolute atomic E-state index is 0.0507. The van der Waals surface area contributed by atoms with Gasteiger partial charge < -0.3 is 19.7 Å². The molecular weight excluding hydrogens is 344 g/mol. The number of nitrogens with one attached hydrogen (secondary N) is 1. The molecular formula is C21H26N2O4. The summed E-state index contributed by atoms with van der Waals surface area (Å²) in [4.78, 5) is 25.9. The fraction of sp³-hybridized carbons (Fsp3) is 0.333. The molecule has 1 N–H and O–H groups in total. The van der Waals surface area contributed by atoms with Crippen molar-refractivity contribution in [3.05, 3.63) is 59.2 Å². The van der Waals surface area contributed by atoms with Crippen LogP contribution in [0.2, 0.25) is 0 Å². The summed E-state index contributed by atoms with van der Waals surface area (Å²) in [6, 6.07) is 12.9. The zero-order valence-corrected chi connectivity index (χ0v) is 16.2. The lowest BCUT2D eigenvalue weighted by molar-refractivity contribution is -0.129. The Bertz CT molecular complexity index is 767. The van der Waals surface area contributed by atoms with E-state index in [9.17, 15) is 9.59 Å². The van der Waals surface area contributed by atoms with Crippen molar-refractivity contribution in [3.8, 4) is 11.5 Å². The van der Waals surface area contributed by atoms with E-state index >= 15 is 0 Å². The number of benzene rings is 2. The van der Waals surface area contributed by atoms with Crippen LogP contribution in [0.4, 0.5) is 0 Å². The molecule has 0 unspecified atom stereocenters. The highest BCUT2D eigenvalue weighted by molar-refractivity contribution is 5.96. The van der Waals surface area contributed by atoms with Gasteiger partial charge in [0, 0.05) is 12.6 Å². The van der Waals surface area contributed by atoms with Gasteiger partial charge in [-0.3, -0.25) is 9.59 Å². The zero-order chi connectivity index (χ0) is 19.8. The number of methoxy groups -OCH3 is 1. The molecule has 0 fully saturated rings. The molecule has 0 aromatic heterocycles. The summed E-state index contributed by atoms with van der Waals surface area (Å²) in [6.07, 6.45) is 0. The number of aryl methyl sites for hydroxylation is 2. The minimum Gasteiger partial charge on any atom is -0.497 e. The lowest BCUT2D eigenvalue weighted by Crippen LogP contribution is -2.39. The third-order valence-corrected chi connectivity index (χ3v) is 4.06. The zero-order valence-electron chi connectivity index (χ0n) is 16.2. The highest BCUT2D eigenvalue weighted by Gasteiger charge is 2.12. The summed E-state index contributed by atoms with van der Waals surface area (Å²) in [5.74, 6) is 1.04. The molecule has 2 amide bonds. The van der Waals surface area contributed by atoms with Gasteiger partial charge in [-0.15, -0.1) is 0 Å². The van der Waals surface area contributed by atoms with Crippen molar-refractivity contribution in [3.63, 3.8) is 0 Å². The molecule has 0 saturated carbocycles. The van der Waals surface area contributed by atoms with Crippen LogP contribution in [-0.4, -0.2) is 50.6 Å². The molecule has 2 aromatic rings. The number of nitrogens with zero attached hydrogens (tertiary/aromatic N) is 1. The maximum absolute atomic E-state index is 12.2. The molecule has 0 radical (unpaired) electrons. The average molecular weight is 370 g/mol. The van der Waals surface area contributed by atoms with E-state index in [4.69, 9.17) is 9.47 Å². The summed E-state index contributed by atoms with van der Waals surface area (Å²) in [6.45, 7) is 4.60. The fourth-order valence-electron chi connectivity index (χ4n) is 2.60. The van der Waals surface area contributed by atoms with Crippen LogP contribution in [0.3, 0.4) is 0 Å². The van der Waals surface area contributed by atoms with E-state index in [-0.39, 0.29) is 18.4 Å². The Kier molecular flexibility index (Phi) is 7.23. The van der Waals surface area contributed by atoms with E-state index < -0.39 is 0 Å². The van der Waals surface area contributed by atoms with Crippen molar-refractivity contribution in [2.45, 2.75) is 13.8 Å². The topological polar surface area (TPSA) is 67.9 Å². The van der Waals surface area contributed by atoms with Crippen molar-refractivity contribution < 1.29 is 19.1 Å². The number of hydrogen-bond acceptors (Lipinski definition) is 4. The average Bonchev–Trinajstić information content (AvgIpc) is 2.65. The standard InChI is InChI=1S/C21H26N2O4/c1-15-11-16(2)13-17(12-15)21(25)22-14-20(24)23(3)9-10-27-19-7-5-18(26-4)6-8-19/h5-8,11-13H,9-10,14H2,1-4H3,(H,22,25). The number of carbonyl (C=O) groups is 2. The Morgan fingerprint density at radius 3 is 2.19 bits per heavy atom. The van der Waals surface area contributed by atoms with Gasteiger partial charge in [0.25, 0.3) is 5.91 Å². The predicted octanol–water partition coefficient (Wildman–Crippen LogP) is 2.58. The number of amides is 2. The highest BCUT2D eigenvalue weighted by Crippen LogP contribution is 2.16. The second-order valence-electron chi connectivity index (χ2n) is 6.40. The van der Waals surface area contributed by atoms with E-state index in [1.54, 1.807) is 26.3 Å². The SMILES string of the molecule is COc1ccc(OCCN(C)C(=O)CNC(=O)c2cc(C)cc(C)c2)cc1. The normalized spacial score (nSPS) is 10.2. The molecule has 0 aliphatic rings. The Balaban J connectivity index is 1.75. The summed E-state index contributed by atoms with van der Waals surface area (Å²) in [7, 11) is 3.29. The lowest BCUT2D eigenvalue weighted by atomic mass is 10.1. The number of likely N-dealkylation sites (N-methyl/N-ethyl adjacent to an activating group) is 1. The Hall–Kier alpha value is -3.02. The van der Waals surface area contributed by atoms with Crippen LogP contribution in [0.1, 0.15) is 21.5 Å². The van der Waals surface area contributed by atoms with Crippen LogP contribution in [0.25, 0.3) is 0 Å². The fourth-order valence-corrected chi connectivity index (χ4v) is 2.60. The molecule has 0 bridgehead atoms. The lowest BCUT2D eigenvalue weighted by Gasteiger charge is -2.18. The van der Waals surface area contributed by atoms with Gasteiger partial charge in [0.1, 0.15) is 18.1 Å². The molecule has 6 heteroatoms. The van der Waals surface area contributed by atoms with Crippen LogP contribution < -0.4 is 14.8 Å². The van der Waals surface area contributed by atoms with E-state index in [2.05, 4.69) is 5.32 Å². The van der Waals surface area contributed by atoms with Gasteiger partial charge in [0.05, 0.1) is 20.2 Å². The first-order valence-electron chi connectivity index (χ1n) is 8.76. The first-order valence-corrected chi connectivity index (χ1v) is 8.76. The highest BCUT2D eigenvalue weighted by atomic mass is 16.5. The Morgan fingerprint density at radius 1 is 1.00 bits per heavy atom. The smallest absolute Gasteiger partial charge is 0.251 e. The van der Waals surface area contributed by atoms with E-state index in [1.807, 2.05) is 44.2 Å². The third kappa shape index (κ3) is 6.33. The van der Waals surface area contributed by atoms with Crippen molar-refractivity contribution in [2.24, 2.45) is 0 Å². The van der Waals surface area contributed by atoms with Crippen LogP contribution in [0.15, 0.2) is 42.5 Å².